The highest BCUT2D eigenvalue weighted by Gasteiger charge is 2.36. The summed E-state index contributed by atoms with van der Waals surface area (Å²) in [7, 11) is 3.33. The van der Waals surface area contributed by atoms with Gasteiger partial charge in [0.1, 0.15) is 5.65 Å². The molecule has 1 saturated carbocycles. The minimum absolute atomic E-state index is 0.0330. The van der Waals surface area contributed by atoms with Crippen molar-refractivity contribution in [2.75, 3.05) is 38.8 Å². The molecule has 1 aliphatic heterocycles. The molecule has 1 aliphatic carbocycles. The Morgan fingerprint density at radius 1 is 1.28 bits per heavy atom. The molecule has 9 heteroatoms. The van der Waals surface area contributed by atoms with Gasteiger partial charge in [-0.25, -0.2) is 4.98 Å². The van der Waals surface area contributed by atoms with Crippen molar-refractivity contribution in [2.45, 2.75) is 37.9 Å². The summed E-state index contributed by atoms with van der Waals surface area (Å²) in [6.07, 6.45) is 2.88. The molecule has 1 N–H and O–H groups in total. The molecule has 29 heavy (non-hydrogen) atoms. The predicted octanol–water partition coefficient (Wildman–Crippen LogP) is 3.47. The minimum Gasteiger partial charge on any atom is -0.349 e. The Hall–Kier alpha value is -2.29. The molecule has 2 aromatic rings. The molecule has 0 atom stereocenters. The van der Waals surface area contributed by atoms with E-state index in [0.717, 1.165) is 42.4 Å². The van der Waals surface area contributed by atoms with E-state index >= 15 is 0 Å². The number of pyridine rings is 1. The molecule has 2 aromatic heterocycles. The van der Waals surface area contributed by atoms with Crippen LogP contribution >= 0.6 is 0 Å². The summed E-state index contributed by atoms with van der Waals surface area (Å²) in [5.41, 5.74) is 2.29. The van der Waals surface area contributed by atoms with Crippen molar-refractivity contribution in [3.63, 3.8) is 0 Å². The third-order valence-corrected chi connectivity index (χ3v) is 6.06. The van der Waals surface area contributed by atoms with Gasteiger partial charge < -0.3 is 14.8 Å². The number of aromatic amines is 1. The second-order valence-electron chi connectivity index (χ2n) is 8.36. The van der Waals surface area contributed by atoms with Crippen molar-refractivity contribution >= 4 is 22.6 Å². The SMILES string of the molecule is CN(CC1CCC(N2CN(C)C(=O)c3cnc4[nH]ccc4c32)CC1)CC(F)(F)F. The van der Waals surface area contributed by atoms with Crippen LogP contribution in [0.1, 0.15) is 36.0 Å². The number of aromatic nitrogens is 2. The zero-order chi connectivity index (χ0) is 20.8. The van der Waals surface area contributed by atoms with Crippen LogP contribution in [0.2, 0.25) is 0 Å². The highest BCUT2D eigenvalue weighted by Crippen LogP contribution is 2.38. The minimum atomic E-state index is -4.16. The molecule has 0 radical (unpaired) electrons. The fourth-order valence-electron chi connectivity index (χ4n) is 4.78. The molecule has 158 valence electrons. The normalized spacial score (nSPS) is 23.2. The molecule has 0 spiro atoms. The van der Waals surface area contributed by atoms with Crippen molar-refractivity contribution in [3.05, 3.63) is 24.0 Å². The molecule has 2 aliphatic rings. The van der Waals surface area contributed by atoms with Crippen LogP contribution in [-0.4, -0.2) is 71.7 Å². The van der Waals surface area contributed by atoms with Gasteiger partial charge in [0.05, 0.1) is 24.5 Å². The monoisotopic (exact) mass is 409 g/mol. The van der Waals surface area contributed by atoms with E-state index in [4.69, 9.17) is 0 Å². The third kappa shape index (κ3) is 4.05. The van der Waals surface area contributed by atoms with Crippen LogP contribution in [-0.2, 0) is 0 Å². The van der Waals surface area contributed by atoms with Crippen LogP contribution in [0.4, 0.5) is 18.9 Å². The van der Waals surface area contributed by atoms with Crippen LogP contribution in [0, 0.1) is 5.92 Å². The summed E-state index contributed by atoms with van der Waals surface area (Å²) in [4.78, 5) is 25.5. The largest absolute Gasteiger partial charge is 0.401 e. The van der Waals surface area contributed by atoms with E-state index in [1.165, 1.54) is 11.9 Å². The first-order valence-electron chi connectivity index (χ1n) is 9.96. The number of amides is 1. The van der Waals surface area contributed by atoms with Gasteiger partial charge in [-0.1, -0.05) is 0 Å². The molecule has 0 unspecified atom stereocenters. The van der Waals surface area contributed by atoms with Gasteiger partial charge in [0, 0.05) is 37.4 Å². The van der Waals surface area contributed by atoms with Gasteiger partial charge in [-0.3, -0.25) is 9.69 Å². The number of anilines is 1. The summed E-state index contributed by atoms with van der Waals surface area (Å²) < 4.78 is 37.8. The number of nitrogens with one attached hydrogen (secondary N) is 1. The van der Waals surface area contributed by atoms with Crippen LogP contribution in [0.15, 0.2) is 18.5 Å². The van der Waals surface area contributed by atoms with Gasteiger partial charge in [0.15, 0.2) is 0 Å². The third-order valence-electron chi connectivity index (χ3n) is 6.06. The fourth-order valence-corrected chi connectivity index (χ4v) is 4.78. The lowest BCUT2D eigenvalue weighted by molar-refractivity contribution is -0.144. The maximum Gasteiger partial charge on any atom is 0.401 e. The zero-order valence-corrected chi connectivity index (χ0v) is 16.7. The Kier molecular flexibility index (Phi) is 5.18. The second-order valence-corrected chi connectivity index (χ2v) is 8.36. The lowest BCUT2D eigenvalue weighted by Gasteiger charge is -2.44. The number of fused-ring (bicyclic) bond motifs is 3. The average molecular weight is 409 g/mol. The highest BCUT2D eigenvalue weighted by atomic mass is 19.4. The van der Waals surface area contributed by atoms with Crippen molar-refractivity contribution in [2.24, 2.45) is 5.92 Å². The highest BCUT2D eigenvalue weighted by molar-refractivity contribution is 6.08. The van der Waals surface area contributed by atoms with Gasteiger partial charge in [-0.05, 0) is 44.7 Å². The summed E-state index contributed by atoms with van der Waals surface area (Å²) in [5.74, 6) is 0.237. The number of nitrogens with zero attached hydrogens (tertiary/aromatic N) is 4. The molecule has 0 bridgehead atoms. The lowest BCUT2D eigenvalue weighted by Crippen LogP contribution is -2.50. The van der Waals surface area contributed by atoms with Gasteiger partial charge in [-0.2, -0.15) is 13.2 Å². The van der Waals surface area contributed by atoms with E-state index in [0.29, 0.717) is 18.8 Å². The van der Waals surface area contributed by atoms with Crippen molar-refractivity contribution in [1.82, 2.24) is 19.8 Å². The Balaban J connectivity index is 1.49. The van der Waals surface area contributed by atoms with E-state index in [1.54, 1.807) is 18.1 Å². The molecular weight excluding hydrogens is 383 g/mol. The predicted molar refractivity (Wildman–Crippen MR) is 105 cm³/mol. The molecular formula is C20H26F3N5O. The number of carbonyl (C=O) groups excluding carboxylic acids is 1. The first-order chi connectivity index (χ1) is 13.7. The van der Waals surface area contributed by atoms with Crippen LogP contribution in [0.3, 0.4) is 0 Å². The van der Waals surface area contributed by atoms with Gasteiger partial charge >= 0.3 is 6.18 Å². The van der Waals surface area contributed by atoms with Gasteiger partial charge in [0.2, 0.25) is 0 Å². The van der Waals surface area contributed by atoms with Crippen LogP contribution in [0.5, 0.6) is 0 Å². The van der Waals surface area contributed by atoms with Crippen molar-refractivity contribution in [3.8, 4) is 0 Å². The van der Waals surface area contributed by atoms with E-state index in [2.05, 4.69) is 14.9 Å². The first-order valence-corrected chi connectivity index (χ1v) is 9.96. The number of halogens is 3. The topological polar surface area (TPSA) is 55.5 Å². The Bertz CT molecular complexity index is 888. The second kappa shape index (κ2) is 7.51. The summed E-state index contributed by atoms with van der Waals surface area (Å²) >= 11 is 0. The standard InChI is InChI=1S/C20H26F3N5O/c1-26(11-20(21,22)23)10-13-3-5-14(6-4-13)28-12-27(2)19(29)16-9-25-18-15(17(16)28)7-8-24-18/h7-9,13-14H,3-6,10-12H2,1-2H3,(H,24,25). The molecule has 0 aromatic carbocycles. The quantitative estimate of drug-likeness (QED) is 0.840. The lowest BCUT2D eigenvalue weighted by atomic mass is 9.84. The first kappa shape index (κ1) is 20.0. The number of carbonyl (C=O) groups is 1. The molecule has 6 nitrogen and oxygen atoms in total. The molecule has 1 fully saturated rings. The van der Waals surface area contributed by atoms with E-state index in [1.807, 2.05) is 12.3 Å². The van der Waals surface area contributed by atoms with E-state index in [-0.39, 0.29) is 17.9 Å². The summed E-state index contributed by atoms with van der Waals surface area (Å²) in [6.45, 7) is 0.116. The summed E-state index contributed by atoms with van der Waals surface area (Å²) in [6, 6.07) is 2.21. The summed E-state index contributed by atoms with van der Waals surface area (Å²) in [5, 5.41) is 0.941. The molecule has 3 heterocycles. The molecule has 4 rings (SSSR count). The number of hydrogen-bond acceptors (Lipinski definition) is 4. The fraction of sp³-hybridized carbons (Fsp3) is 0.600. The van der Waals surface area contributed by atoms with Crippen molar-refractivity contribution in [1.29, 1.82) is 0 Å². The molecule has 0 saturated heterocycles. The van der Waals surface area contributed by atoms with Crippen LogP contribution < -0.4 is 4.90 Å². The maximum absolute atomic E-state index is 12.6. The Morgan fingerprint density at radius 3 is 2.69 bits per heavy atom. The maximum atomic E-state index is 12.6. The van der Waals surface area contributed by atoms with Gasteiger partial charge in [0.25, 0.3) is 5.91 Å². The van der Waals surface area contributed by atoms with Gasteiger partial charge in [-0.15, -0.1) is 0 Å². The number of hydrogen-bond donors (Lipinski definition) is 1. The van der Waals surface area contributed by atoms with E-state index < -0.39 is 12.7 Å². The smallest absolute Gasteiger partial charge is 0.349 e. The number of H-pyrrole nitrogens is 1. The number of rotatable bonds is 4. The van der Waals surface area contributed by atoms with E-state index in [9.17, 15) is 18.0 Å². The van der Waals surface area contributed by atoms with Crippen molar-refractivity contribution < 1.29 is 18.0 Å². The zero-order valence-electron chi connectivity index (χ0n) is 16.7. The Morgan fingerprint density at radius 2 is 2.00 bits per heavy atom. The Labute approximate surface area is 167 Å². The number of alkyl halides is 3. The average Bonchev–Trinajstić information content (AvgIpc) is 3.12. The molecule has 1 amide bonds. The van der Waals surface area contributed by atoms with Crippen LogP contribution in [0.25, 0.3) is 11.0 Å².